The zero-order valence-corrected chi connectivity index (χ0v) is 11.2. The molecular formula is C14H15NO3S. The summed E-state index contributed by atoms with van der Waals surface area (Å²) in [6.07, 6.45) is 1.38. The van der Waals surface area contributed by atoms with Crippen LogP contribution in [0.2, 0.25) is 0 Å². The van der Waals surface area contributed by atoms with Crippen LogP contribution in [-0.2, 0) is 10.0 Å². The Morgan fingerprint density at radius 1 is 1.11 bits per heavy atom. The van der Waals surface area contributed by atoms with Gasteiger partial charge in [0, 0.05) is 0 Å². The minimum Gasteiger partial charge on any atom is -0.394 e. The summed E-state index contributed by atoms with van der Waals surface area (Å²) in [4.78, 5) is 0.242. The van der Waals surface area contributed by atoms with E-state index in [2.05, 4.69) is 4.72 Å². The van der Waals surface area contributed by atoms with Gasteiger partial charge in [-0.3, -0.25) is 0 Å². The van der Waals surface area contributed by atoms with Gasteiger partial charge in [-0.25, -0.2) is 13.1 Å². The van der Waals surface area contributed by atoms with Gasteiger partial charge in [0.15, 0.2) is 0 Å². The van der Waals surface area contributed by atoms with Gasteiger partial charge in [-0.05, 0) is 35.7 Å². The second-order valence-corrected chi connectivity index (χ2v) is 6.74. The average Bonchev–Trinajstić information content (AvgIpc) is 3.18. The summed E-state index contributed by atoms with van der Waals surface area (Å²) < 4.78 is 27.1. The highest BCUT2D eigenvalue weighted by molar-refractivity contribution is 7.89. The van der Waals surface area contributed by atoms with E-state index >= 15 is 0 Å². The minimum absolute atomic E-state index is 0.153. The third kappa shape index (κ3) is 2.36. The molecule has 2 aromatic carbocycles. The summed E-state index contributed by atoms with van der Waals surface area (Å²) in [5.74, 6) is 0. The van der Waals surface area contributed by atoms with Crippen molar-refractivity contribution >= 4 is 20.8 Å². The molecule has 100 valence electrons. The van der Waals surface area contributed by atoms with Crippen molar-refractivity contribution in [1.82, 2.24) is 4.72 Å². The summed E-state index contributed by atoms with van der Waals surface area (Å²) in [7, 11) is -3.57. The Morgan fingerprint density at radius 3 is 2.42 bits per heavy atom. The lowest BCUT2D eigenvalue weighted by atomic mass is 10.1. The molecule has 0 heterocycles. The molecule has 0 amide bonds. The standard InChI is InChI=1S/C14H15NO3S/c16-10-14(7-8-14)15-19(17,18)13-6-5-11-3-1-2-4-12(11)9-13/h1-6,9,15-16H,7-8,10H2. The van der Waals surface area contributed by atoms with Gasteiger partial charge >= 0.3 is 0 Å². The maximum absolute atomic E-state index is 12.3. The number of nitrogens with one attached hydrogen (secondary N) is 1. The second-order valence-electron chi connectivity index (χ2n) is 5.05. The predicted octanol–water partition coefficient (Wildman–Crippen LogP) is 1.64. The molecule has 1 aliphatic rings. The van der Waals surface area contributed by atoms with Crippen LogP contribution in [0.15, 0.2) is 47.4 Å². The fourth-order valence-electron chi connectivity index (χ4n) is 2.12. The van der Waals surface area contributed by atoms with E-state index in [0.717, 1.165) is 10.8 Å². The lowest BCUT2D eigenvalue weighted by Crippen LogP contribution is -2.39. The first-order chi connectivity index (χ1) is 9.05. The maximum Gasteiger partial charge on any atom is 0.241 e. The highest BCUT2D eigenvalue weighted by atomic mass is 32.2. The molecule has 1 aliphatic carbocycles. The topological polar surface area (TPSA) is 66.4 Å². The monoisotopic (exact) mass is 277 g/mol. The lowest BCUT2D eigenvalue weighted by Gasteiger charge is -2.14. The van der Waals surface area contributed by atoms with E-state index in [4.69, 9.17) is 0 Å². The quantitative estimate of drug-likeness (QED) is 0.893. The molecule has 0 bridgehead atoms. The molecule has 4 nitrogen and oxygen atoms in total. The molecule has 0 spiro atoms. The highest BCUT2D eigenvalue weighted by Crippen LogP contribution is 2.36. The van der Waals surface area contributed by atoms with Crippen LogP contribution in [0, 0.1) is 0 Å². The first kappa shape index (κ1) is 12.6. The van der Waals surface area contributed by atoms with Crippen molar-refractivity contribution in [3.8, 4) is 0 Å². The van der Waals surface area contributed by atoms with Crippen molar-refractivity contribution in [1.29, 1.82) is 0 Å². The van der Waals surface area contributed by atoms with Crippen LogP contribution in [0.25, 0.3) is 10.8 Å². The molecule has 1 fully saturated rings. The largest absolute Gasteiger partial charge is 0.394 e. The van der Waals surface area contributed by atoms with Crippen LogP contribution in [0.4, 0.5) is 0 Å². The van der Waals surface area contributed by atoms with E-state index in [0.29, 0.717) is 12.8 Å². The third-order valence-corrected chi connectivity index (χ3v) is 5.11. The Morgan fingerprint density at radius 2 is 1.79 bits per heavy atom. The lowest BCUT2D eigenvalue weighted by molar-refractivity contribution is 0.246. The van der Waals surface area contributed by atoms with Crippen molar-refractivity contribution in [3.05, 3.63) is 42.5 Å². The van der Waals surface area contributed by atoms with Crippen molar-refractivity contribution in [3.63, 3.8) is 0 Å². The number of aliphatic hydroxyl groups excluding tert-OH is 1. The number of rotatable bonds is 4. The van der Waals surface area contributed by atoms with Gasteiger partial charge in [0.05, 0.1) is 17.0 Å². The molecule has 2 N–H and O–H groups in total. The van der Waals surface area contributed by atoms with Crippen molar-refractivity contribution < 1.29 is 13.5 Å². The number of sulfonamides is 1. The molecule has 2 aromatic rings. The molecule has 3 rings (SSSR count). The predicted molar refractivity (Wildman–Crippen MR) is 73.3 cm³/mol. The fourth-order valence-corrected chi connectivity index (χ4v) is 3.61. The molecule has 0 saturated heterocycles. The summed E-state index contributed by atoms with van der Waals surface area (Å²) in [5, 5.41) is 11.1. The van der Waals surface area contributed by atoms with Crippen molar-refractivity contribution in [2.75, 3.05) is 6.61 Å². The highest BCUT2D eigenvalue weighted by Gasteiger charge is 2.45. The Balaban J connectivity index is 1.99. The van der Waals surface area contributed by atoms with Crippen molar-refractivity contribution in [2.45, 2.75) is 23.3 Å². The SMILES string of the molecule is O=S(=O)(NC1(CO)CC1)c1ccc2ccccc2c1. The summed E-state index contributed by atoms with van der Waals surface area (Å²) in [6.45, 7) is -0.153. The summed E-state index contributed by atoms with van der Waals surface area (Å²) in [5.41, 5.74) is -0.634. The van der Waals surface area contributed by atoms with E-state index in [1.165, 1.54) is 0 Å². The maximum atomic E-state index is 12.3. The van der Waals surface area contributed by atoms with Gasteiger partial charge in [-0.1, -0.05) is 30.3 Å². The van der Waals surface area contributed by atoms with Gasteiger partial charge in [-0.2, -0.15) is 0 Å². The minimum atomic E-state index is -3.57. The van der Waals surface area contributed by atoms with Crippen LogP contribution in [0.3, 0.4) is 0 Å². The molecule has 1 saturated carbocycles. The van der Waals surface area contributed by atoms with E-state index in [-0.39, 0.29) is 11.5 Å². The first-order valence-corrected chi connectivity index (χ1v) is 7.67. The van der Waals surface area contributed by atoms with Gasteiger partial charge in [-0.15, -0.1) is 0 Å². The number of hydrogen-bond acceptors (Lipinski definition) is 3. The van der Waals surface area contributed by atoms with Gasteiger partial charge in [0.2, 0.25) is 10.0 Å². The third-order valence-electron chi connectivity index (χ3n) is 3.54. The summed E-state index contributed by atoms with van der Waals surface area (Å²) in [6, 6.07) is 12.7. The van der Waals surface area contributed by atoms with Crippen molar-refractivity contribution in [2.24, 2.45) is 0 Å². The molecular weight excluding hydrogens is 262 g/mol. The smallest absolute Gasteiger partial charge is 0.241 e. The number of benzene rings is 2. The Kier molecular flexibility index (Phi) is 2.85. The van der Waals surface area contributed by atoms with Crippen LogP contribution in [0.1, 0.15) is 12.8 Å². The van der Waals surface area contributed by atoms with E-state index in [1.807, 2.05) is 24.3 Å². The Labute approximate surface area is 112 Å². The van der Waals surface area contributed by atoms with Crippen LogP contribution in [-0.4, -0.2) is 25.7 Å². The number of aliphatic hydroxyl groups is 1. The van der Waals surface area contributed by atoms with Gasteiger partial charge in [0.1, 0.15) is 0 Å². The average molecular weight is 277 g/mol. The first-order valence-electron chi connectivity index (χ1n) is 6.18. The molecule has 5 heteroatoms. The fraction of sp³-hybridized carbons (Fsp3) is 0.286. The zero-order valence-electron chi connectivity index (χ0n) is 10.3. The van der Waals surface area contributed by atoms with Crippen LogP contribution in [0.5, 0.6) is 0 Å². The molecule has 0 radical (unpaired) electrons. The number of hydrogen-bond donors (Lipinski definition) is 2. The van der Waals surface area contributed by atoms with Gasteiger partial charge in [0.25, 0.3) is 0 Å². The molecule has 0 aromatic heterocycles. The van der Waals surface area contributed by atoms with E-state index in [1.54, 1.807) is 18.2 Å². The summed E-state index contributed by atoms with van der Waals surface area (Å²) >= 11 is 0. The zero-order chi connectivity index (χ0) is 13.5. The van der Waals surface area contributed by atoms with Gasteiger partial charge < -0.3 is 5.11 Å². The Bertz CT molecular complexity index is 720. The molecule has 0 aliphatic heterocycles. The molecule has 0 atom stereocenters. The number of fused-ring (bicyclic) bond motifs is 1. The molecule has 0 unspecified atom stereocenters. The van der Waals surface area contributed by atoms with E-state index < -0.39 is 15.6 Å². The van der Waals surface area contributed by atoms with Crippen LogP contribution < -0.4 is 4.72 Å². The van der Waals surface area contributed by atoms with E-state index in [9.17, 15) is 13.5 Å². The molecule has 19 heavy (non-hydrogen) atoms. The Hall–Kier alpha value is -1.43. The normalized spacial score (nSPS) is 17.5. The second kappa shape index (κ2) is 4.30. The van der Waals surface area contributed by atoms with Crippen LogP contribution >= 0.6 is 0 Å².